The van der Waals surface area contributed by atoms with E-state index in [4.69, 9.17) is 4.74 Å². The molecule has 6 nitrogen and oxygen atoms in total. The quantitative estimate of drug-likeness (QED) is 0.867. The van der Waals surface area contributed by atoms with Crippen molar-refractivity contribution in [3.8, 4) is 5.75 Å². The van der Waals surface area contributed by atoms with Crippen LogP contribution >= 0.6 is 0 Å². The lowest BCUT2D eigenvalue weighted by atomic mass is 10.4. The van der Waals surface area contributed by atoms with Crippen molar-refractivity contribution in [3.05, 3.63) is 42.7 Å². The molecule has 0 fully saturated rings. The molecule has 0 aliphatic heterocycles. The van der Waals surface area contributed by atoms with Crippen molar-refractivity contribution in [3.63, 3.8) is 0 Å². The third kappa shape index (κ3) is 3.18. The molecule has 0 saturated carbocycles. The number of carbonyl (C=O) groups excluding carboxylic acids is 1. The van der Waals surface area contributed by atoms with Crippen LogP contribution in [0.4, 0.5) is 16.4 Å². The number of nitrogens with zero attached hydrogens (tertiary/aromatic N) is 2. The molecule has 0 aromatic carbocycles. The number of rotatable bonds is 3. The molecule has 2 heterocycles. The van der Waals surface area contributed by atoms with Crippen LogP contribution in [-0.4, -0.2) is 23.1 Å². The average Bonchev–Trinajstić information content (AvgIpc) is 2.40. The van der Waals surface area contributed by atoms with Crippen LogP contribution in [0.15, 0.2) is 42.7 Å². The number of carbonyl (C=O) groups is 1. The standard InChI is InChI=1S/C12H12N4O2/c1-18-9-5-7-14-11(8-9)16-12(17)15-10-4-2-3-6-13-10/h2-8H,1H3,(H2,13,14,15,16,17). The normalized spacial score (nSPS) is 9.61. The van der Waals surface area contributed by atoms with E-state index in [0.717, 1.165) is 0 Å². The Kier molecular flexibility index (Phi) is 3.70. The molecule has 2 aromatic rings. The number of aromatic nitrogens is 2. The lowest BCUT2D eigenvalue weighted by molar-refractivity contribution is 0.262. The van der Waals surface area contributed by atoms with Gasteiger partial charge in [-0.25, -0.2) is 14.8 Å². The van der Waals surface area contributed by atoms with Gasteiger partial charge in [0, 0.05) is 18.5 Å². The molecule has 0 aliphatic carbocycles. The van der Waals surface area contributed by atoms with E-state index in [2.05, 4.69) is 20.6 Å². The highest BCUT2D eigenvalue weighted by Gasteiger charge is 2.04. The minimum Gasteiger partial charge on any atom is -0.497 e. The van der Waals surface area contributed by atoms with Crippen molar-refractivity contribution in [2.24, 2.45) is 0 Å². The van der Waals surface area contributed by atoms with Gasteiger partial charge in [0.05, 0.1) is 7.11 Å². The summed E-state index contributed by atoms with van der Waals surface area (Å²) >= 11 is 0. The first-order chi connectivity index (χ1) is 8.78. The van der Waals surface area contributed by atoms with E-state index in [1.807, 2.05) is 0 Å². The zero-order chi connectivity index (χ0) is 12.8. The number of hydrogen-bond donors (Lipinski definition) is 2. The zero-order valence-electron chi connectivity index (χ0n) is 9.75. The van der Waals surface area contributed by atoms with Gasteiger partial charge in [0.1, 0.15) is 17.4 Å². The summed E-state index contributed by atoms with van der Waals surface area (Å²) in [7, 11) is 1.55. The van der Waals surface area contributed by atoms with Gasteiger partial charge < -0.3 is 4.74 Å². The molecule has 2 rings (SSSR count). The maximum absolute atomic E-state index is 11.6. The fourth-order valence-electron chi connectivity index (χ4n) is 1.31. The molecular weight excluding hydrogens is 232 g/mol. The lowest BCUT2D eigenvalue weighted by Crippen LogP contribution is -2.20. The second-order valence-electron chi connectivity index (χ2n) is 3.38. The molecule has 0 saturated heterocycles. The maximum Gasteiger partial charge on any atom is 0.326 e. The van der Waals surface area contributed by atoms with E-state index in [1.54, 1.807) is 49.8 Å². The van der Waals surface area contributed by atoms with E-state index < -0.39 is 6.03 Å². The van der Waals surface area contributed by atoms with Crippen LogP contribution < -0.4 is 15.4 Å². The summed E-state index contributed by atoms with van der Waals surface area (Å²) in [6, 6.07) is 8.16. The third-order valence-corrected chi connectivity index (χ3v) is 2.12. The van der Waals surface area contributed by atoms with Gasteiger partial charge in [-0.05, 0) is 18.2 Å². The summed E-state index contributed by atoms with van der Waals surface area (Å²) < 4.78 is 5.03. The van der Waals surface area contributed by atoms with E-state index in [1.165, 1.54) is 0 Å². The number of pyridine rings is 2. The Bertz CT molecular complexity index is 531. The molecule has 0 unspecified atom stereocenters. The van der Waals surface area contributed by atoms with Crippen LogP contribution in [0, 0.1) is 0 Å². The molecule has 0 radical (unpaired) electrons. The average molecular weight is 244 g/mol. The lowest BCUT2D eigenvalue weighted by Gasteiger charge is -2.07. The Morgan fingerprint density at radius 1 is 1.11 bits per heavy atom. The molecule has 2 aromatic heterocycles. The number of urea groups is 1. The Morgan fingerprint density at radius 2 is 1.89 bits per heavy atom. The molecule has 2 amide bonds. The highest BCUT2D eigenvalue weighted by atomic mass is 16.5. The van der Waals surface area contributed by atoms with Gasteiger partial charge in [-0.3, -0.25) is 10.6 Å². The molecule has 0 bridgehead atoms. The van der Waals surface area contributed by atoms with Gasteiger partial charge in [-0.2, -0.15) is 0 Å². The van der Waals surface area contributed by atoms with Crippen LogP contribution in [0.5, 0.6) is 5.75 Å². The number of methoxy groups -OCH3 is 1. The van der Waals surface area contributed by atoms with Crippen LogP contribution in [0.1, 0.15) is 0 Å². The highest BCUT2D eigenvalue weighted by molar-refractivity contribution is 5.98. The first-order valence-electron chi connectivity index (χ1n) is 5.27. The summed E-state index contributed by atoms with van der Waals surface area (Å²) in [6.45, 7) is 0. The zero-order valence-corrected chi connectivity index (χ0v) is 9.75. The Labute approximate surface area is 104 Å². The van der Waals surface area contributed by atoms with Crippen molar-refractivity contribution in [2.75, 3.05) is 17.7 Å². The number of anilines is 2. The van der Waals surface area contributed by atoms with Crippen LogP contribution in [0.2, 0.25) is 0 Å². The second-order valence-corrected chi connectivity index (χ2v) is 3.38. The van der Waals surface area contributed by atoms with Crippen LogP contribution in [-0.2, 0) is 0 Å². The van der Waals surface area contributed by atoms with Gasteiger partial charge in [0.2, 0.25) is 0 Å². The summed E-state index contributed by atoms with van der Waals surface area (Å²) in [5.74, 6) is 1.50. The number of hydrogen-bond acceptors (Lipinski definition) is 4. The van der Waals surface area contributed by atoms with E-state index in [0.29, 0.717) is 17.4 Å². The predicted octanol–water partition coefficient (Wildman–Crippen LogP) is 2.13. The topological polar surface area (TPSA) is 76.1 Å². The second kappa shape index (κ2) is 5.62. The summed E-state index contributed by atoms with van der Waals surface area (Å²) in [4.78, 5) is 19.6. The SMILES string of the molecule is COc1ccnc(NC(=O)Nc2ccccn2)c1. The van der Waals surface area contributed by atoms with Crippen molar-refractivity contribution < 1.29 is 9.53 Å². The van der Waals surface area contributed by atoms with Gasteiger partial charge in [0.15, 0.2) is 0 Å². The van der Waals surface area contributed by atoms with Gasteiger partial charge in [-0.1, -0.05) is 6.07 Å². The smallest absolute Gasteiger partial charge is 0.326 e. The number of amides is 2. The molecule has 18 heavy (non-hydrogen) atoms. The first kappa shape index (κ1) is 11.8. The molecule has 92 valence electrons. The van der Waals surface area contributed by atoms with E-state index in [9.17, 15) is 4.79 Å². The molecule has 0 aliphatic rings. The number of nitrogens with one attached hydrogen (secondary N) is 2. The fourth-order valence-corrected chi connectivity index (χ4v) is 1.31. The molecule has 0 atom stereocenters. The summed E-state index contributed by atoms with van der Waals surface area (Å²) in [6.07, 6.45) is 3.15. The Morgan fingerprint density at radius 3 is 2.61 bits per heavy atom. The van der Waals surface area contributed by atoms with E-state index in [-0.39, 0.29) is 0 Å². The van der Waals surface area contributed by atoms with Crippen molar-refractivity contribution in [1.82, 2.24) is 9.97 Å². The minimum atomic E-state index is -0.408. The van der Waals surface area contributed by atoms with Gasteiger partial charge in [-0.15, -0.1) is 0 Å². The minimum absolute atomic E-state index is 0.405. The Hall–Kier alpha value is -2.63. The van der Waals surface area contributed by atoms with Gasteiger partial charge >= 0.3 is 6.03 Å². The predicted molar refractivity (Wildman–Crippen MR) is 67.7 cm³/mol. The largest absolute Gasteiger partial charge is 0.497 e. The highest BCUT2D eigenvalue weighted by Crippen LogP contribution is 2.13. The van der Waals surface area contributed by atoms with Crippen LogP contribution in [0.3, 0.4) is 0 Å². The molecule has 2 N–H and O–H groups in total. The molecular formula is C12H12N4O2. The Balaban J connectivity index is 1.99. The summed E-state index contributed by atoms with van der Waals surface area (Å²) in [5.41, 5.74) is 0. The van der Waals surface area contributed by atoms with E-state index >= 15 is 0 Å². The van der Waals surface area contributed by atoms with Crippen molar-refractivity contribution in [2.45, 2.75) is 0 Å². The monoisotopic (exact) mass is 244 g/mol. The van der Waals surface area contributed by atoms with Crippen molar-refractivity contribution in [1.29, 1.82) is 0 Å². The summed E-state index contributed by atoms with van der Waals surface area (Å²) in [5, 5.41) is 5.17. The third-order valence-electron chi connectivity index (χ3n) is 2.12. The maximum atomic E-state index is 11.6. The molecule has 0 spiro atoms. The van der Waals surface area contributed by atoms with Crippen molar-refractivity contribution >= 4 is 17.7 Å². The van der Waals surface area contributed by atoms with Gasteiger partial charge in [0.25, 0.3) is 0 Å². The molecule has 6 heteroatoms. The first-order valence-corrected chi connectivity index (χ1v) is 5.27. The fraction of sp³-hybridized carbons (Fsp3) is 0.0833. The van der Waals surface area contributed by atoms with Crippen LogP contribution in [0.25, 0.3) is 0 Å². The number of ether oxygens (including phenoxy) is 1.